The summed E-state index contributed by atoms with van der Waals surface area (Å²) in [4.78, 5) is 5.35. The van der Waals surface area contributed by atoms with E-state index in [0.717, 1.165) is 0 Å². The fraction of sp³-hybridized carbons (Fsp3) is 0.943. The van der Waals surface area contributed by atoms with E-state index in [2.05, 4.69) is 43.0 Å². The normalized spacial score (nSPS) is 15.4. The molecule has 0 aromatic heterocycles. The van der Waals surface area contributed by atoms with Gasteiger partial charge in [-0.1, -0.05) is 168 Å². The highest BCUT2D eigenvalue weighted by Gasteiger charge is 2.24. The third-order valence-electron chi connectivity index (χ3n) is 8.57. The third-order valence-corrected chi connectivity index (χ3v) is 8.57. The molecule has 1 heterocycles. The maximum Gasteiger partial charge on any atom is 0.101 e. The summed E-state index contributed by atoms with van der Waals surface area (Å²) in [5, 5.41) is 0. The lowest BCUT2D eigenvalue weighted by Crippen LogP contribution is -2.39. The lowest BCUT2D eigenvalue weighted by molar-refractivity contribution is 0.135. The van der Waals surface area contributed by atoms with Gasteiger partial charge in [-0.2, -0.15) is 0 Å². The van der Waals surface area contributed by atoms with E-state index < -0.39 is 0 Å². The summed E-state index contributed by atoms with van der Waals surface area (Å²) in [5.41, 5.74) is 0. The summed E-state index contributed by atoms with van der Waals surface area (Å²) in [6.07, 6.45) is 44.0. The van der Waals surface area contributed by atoms with Gasteiger partial charge in [-0.15, -0.1) is 0 Å². The topological polar surface area (TPSA) is 6.48 Å². The largest absolute Gasteiger partial charge is 0.356 e. The van der Waals surface area contributed by atoms with E-state index in [9.17, 15) is 0 Å². The average Bonchev–Trinajstić information content (AvgIpc) is 3.29. The number of nitrogens with zero attached hydrogens (tertiary/aromatic N) is 2. The van der Waals surface area contributed by atoms with Crippen molar-refractivity contribution < 1.29 is 0 Å². The van der Waals surface area contributed by atoms with Gasteiger partial charge in [0, 0.05) is 25.5 Å². The van der Waals surface area contributed by atoms with Gasteiger partial charge in [-0.25, -0.2) is 0 Å². The Morgan fingerprint density at radius 3 is 0.973 bits per heavy atom. The van der Waals surface area contributed by atoms with Gasteiger partial charge in [0.15, 0.2) is 0 Å². The van der Waals surface area contributed by atoms with E-state index in [1.807, 2.05) is 0 Å². The molecule has 220 valence electrons. The molecule has 0 radical (unpaired) electrons. The highest BCUT2D eigenvalue weighted by molar-refractivity contribution is 4.97. The molecular formula is C35H70N2. The number of rotatable bonds is 29. The van der Waals surface area contributed by atoms with Gasteiger partial charge in [0.2, 0.25) is 0 Å². The quantitative estimate of drug-likeness (QED) is 0.0908. The van der Waals surface area contributed by atoms with Crippen LogP contribution in [0.25, 0.3) is 0 Å². The van der Waals surface area contributed by atoms with E-state index in [1.165, 1.54) is 186 Å². The molecule has 0 aromatic rings. The predicted octanol–water partition coefficient (Wildman–Crippen LogP) is 12.0. The molecule has 0 fully saturated rings. The van der Waals surface area contributed by atoms with Crippen LogP contribution in [0.2, 0.25) is 0 Å². The lowest BCUT2D eigenvalue weighted by Gasteiger charge is -2.33. The standard InChI is InChI=1S/C35H70N2/c1-4-7-10-13-14-15-16-17-18-19-20-21-22-23-24-25-27-30-35-36(31-28-12-9-6-3)33-34-37(35)32-29-26-11-8-5-2/h33-35H,4-32H2,1-3H3. The van der Waals surface area contributed by atoms with Crippen LogP contribution < -0.4 is 0 Å². The third kappa shape index (κ3) is 20.0. The Morgan fingerprint density at radius 1 is 0.351 bits per heavy atom. The van der Waals surface area contributed by atoms with Crippen molar-refractivity contribution in [3.05, 3.63) is 12.4 Å². The second kappa shape index (κ2) is 26.9. The predicted molar refractivity (Wildman–Crippen MR) is 168 cm³/mol. The number of unbranched alkanes of at least 4 members (excludes halogenated alkanes) is 23. The molecule has 1 unspecified atom stereocenters. The summed E-state index contributed by atoms with van der Waals surface area (Å²) in [7, 11) is 0. The second-order valence-corrected chi connectivity index (χ2v) is 12.2. The zero-order chi connectivity index (χ0) is 26.7. The van der Waals surface area contributed by atoms with Crippen molar-refractivity contribution in [2.75, 3.05) is 13.1 Å². The van der Waals surface area contributed by atoms with Gasteiger partial charge < -0.3 is 9.80 Å². The first-order chi connectivity index (χ1) is 18.3. The van der Waals surface area contributed by atoms with Crippen LogP contribution in [0.5, 0.6) is 0 Å². The van der Waals surface area contributed by atoms with Crippen molar-refractivity contribution in [1.29, 1.82) is 0 Å². The minimum absolute atomic E-state index is 0.643. The van der Waals surface area contributed by atoms with Crippen LogP contribution >= 0.6 is 0 Å². The number of hydrogen-bond acceptors (Lipinski definition) is 2. The monoisotopic (exact) mass is 519 g/mol. The first-order valence-electron chi connectivity index (χ1n) is 17.5. The smallest absolute Gasteiger partial charge is 0.101 e. The van der Waals surface area contributed by atoms with Gasteiger partial charge in [-0.3, -0.25) is 0 Å². The van der Waals surface area contributed by atoms with Crippen LogP contribution in [-0.4, -0.2) is 29.1 Å². The molecule has 1 aliphatic rings. The van der Waals surface area contributed by atoms with Gasteiger partial charge in [0.1, 0.15) is 6.17 Å². The molecule has 2 heteroatoms. The van der Waals surface area contributed by atoms with Crippen LogP contribution in [0.15, 0.2) is 12.4 Å². The molecule has 0 aromatic carbocycles. The van der Waals surface area contributed by atoms with E-state index >= 15 is 0 Å². The number of hydrogen-bond donors (Lipinski definition) is 0. The minimum atomic E-state index is 0.643. The highest BCUT2D eigenvalue weighted by atomic mass is 15.4. The van der Waals surface area contributed by atoms with E-state index in [4.69, 9.17) is 0 Å². The molecule has 37 heavy (non-hydrogen) atoms. The van der Waals surface area contributed by atoms with Gasteiger partial charge in [0.05, 0.1) is 0 Å². The Labute approximate surface area is 235 Å². The summed E-state index contributed by atoms with van der Waals surface area (Å²) in [6.45, 7) is 9.45. The zero-order valence-electron chi connectivity index (χ0n) is 26.1. The van der Waals surface area contributed by atoms with Crippen molar-refractivity contribution in [3.63, 3.8) is 0 Å². The Kier molecular flexibility index (Phi) is 25.0. The molecule has 0 N–H and O–H groups in total. The Balaban J connectivity index is 2.05. The molecule has 0 bridgehead atoms. The van der Waals surface area contributed by atoms with Gasteiger partial charge in [0.25, 0.3) is 0 Å². The van der Waals surface area contributed by atoms with Crippen LogP contribution in [-0.2, 0) is 0 Å². The summed E-state index contributed by atoms with van der Waals surface area (Å²) < 4.78 is 0. The SMILES string of the molecule is CCCCCCCCCCCCCCCCCCCC1N(CCCCCC)C=CN1CCCCCCC. The molecule has 0 saturated carbocycles. The first kappa shape index (κ1) is 34.4. The molecule has 0 amide bonds. The Bertz CT molecular complexity index is 474. The molecule has 1 aliphatic heterocycles. The van der Waals surface area contributed by atoms with Crippen LogP contribution in [0.1, 0.15) is 194 Å². The molecule has 0 spiro atoms. The highest BCUT2D eigenvalue weighted by Crippen LogP contribution is 2.24. The van der Waals surface area contributed by atoms with Crippen molar-refractivity contribution in [1.82, 2.24) is 9.80 Å². The van der Waals surface area contributed by atoms with E-state index in [0.29, 0.717) is 6.17 Å². The first-order valence-corrected chi connectivity index (χ1v) is 17.5. The lowest BCUT2D eigenvalue weighted by atomic mass is 10.0. The maximum atomic E-state index is 2.68. The van der Waals surface area contributed by atoms with E-state index in [-0.39, 0.29) is 0 Å². The molecular weight excluding hydrogens is 448 g/mol. The van der Waals surface area contributed by atoms with Crippen molar-refractivity contribution in [2.24, 2.45) is 0 Å². The fourth-order valence-electron chi connectivity index (χ4n) is 6.01. The van der Waals surface area contributed by atoms with Crippen molar-refractivity contribution in [3.8, 4) is 0 Å². The van der Waals surface area contributed by atoms with Crippen LogP contribution in [0, 0.1) is 0 Å². The molecule has 1 atom stereocenters. The minimum Gasteiger partial charge on any atom is -0.356 e. The van der Waals surface area contributed by atoms with Crippen molar-refractivity contribution in [2.45, 2.75) is 200 Å². The Morgan fingerprint density at radius 2 is 0.622 bits per heavy atom. The van der Waals surface area contributed by atoms with Gasteiger partial charge >= 0.3 is 0 Å². The van der Waals surface area contributed by atoms with Crippen molar-refractivity contribution >= 4 is 0 Å². The zero-order valence-corrected chi connectivity index (χ0v) is 26.1. The second-order valence-electron chi connectivity index (χ2n) is 12.2. The summed E-state index contributed by atoms with van der Waals surface area (Å²) in [6, 6.07) is 0. The molecule has 2 nitrogen and oxygen atoms in total. The maximum absolute atomic E-state index is 2.68. The average molecular weight is 519 g/mol. The van der Waals surface area contributed by atoms with E-state index in [1.54, 1.807) is 0 Å². The molecule has 1 rings (SSSR count). The van der Waals surface area contributed by atoms with Crippen LogP contribution in [0.4, 0.5) is 0 Å². The Hall–Kier alpha value is -0.660. The van der Waals surface area contributed by atoms with Crippen LogP contribution in [0.3, 0.4) is 0 Å². The van der Waals surface area contributed by atoms with Gasteiger partial charge in [-0.05, 0) is 25.7 Å². The fourth-order valence-corrected chi connectivity index (χ4v) is 6.01. The summed E-state index contributed by atoms with van der Waals surface area (Å²) in [5.74, 6) is 0. The summed E-state index contributed by atoms with van der Waals surface area (Å²) >= 11 is 0. The molecule has 0 aliphatic carbocycles. The molecule has 0 saturated heterocycles.